The zero-order valence-corrected chi connectivity index (χ0v) is 18.3. The van der Waals surface area contributed by atoms with Gasteiger partial charge in [0, 0.05) is 18.4 Å². The second kappa shape index (κ2) is 8.58. The van der Waals surface area contributed by atoms with Crippen LogP contribution in [0.3, 0.4) is 0 Å². The first-order valence-electron chi connectivity index (χ1n) is 10.6. The van der Waals surface area contributed by atoms with Gasteiger partial charge in [0.15, 0.2) is 11.5 Å². The van der Waals surface area contributed by atoms with Crippen LogP contribution in [0.25, 0.3) is 16.7 Å². The number of para-hydroxylation sites is 1. The first-order chi connectivity index (χ1) is 16.1. The second-order valence-corrected chi connectivity index (χ2v) is 7.79. The number of hydrogen-bond acceptors (Lipinski definition) is 5. The second-order valence-electron chi connectivity index (χ2n) is 7.79. The van der Waals surface area contributed by atoms with E-state index in [0.717, 1.165) is 22.4 Å². The van der Waals surface area contributed by atoms with Gasteiger partial charge in [0.1, 0.15) is 11.0 Å². The average molecular weight is 438 g/mol. The molecule has 3 N–H and O–H groups in total. The van der Waals surface area contributed by atoms with Crippen molar-refractivity contribution in [2.24, 2.45) is 0 Å². The van der Waals surface area contributed by atoms with E-state index in [2.05, 4.69) is 51.9 Å². The Morgan fingerprint density at radius 3 is 2.52 bits per heavy atom. The number of pyridine rings is 1. The van der Waals surface area contributed by atoms with Crippen molar-refractivity contribution in [2.45, 2.75) is 20.4 Å². The number of aromatic nitrogens is 4. The lowest BCUT2D eigenvalue weighted by Gasteiger charge is -2.14. The number of rotatable bonds is 5. The SMILES string of the molecule is Cc1cccc(C)c1Nc1nc2cccnc2n2c(NC(=O)NCc3ccccc3)ncc12. The Balaban J connectivity index is 1.51. The molecule has 0 aliphatic carbocycles. The van der Waals surface area contributed by atoms with Gasteiger partial charge in [0.05, 0.1) is 6.20 Å². The quantitative estimate of drug-likeness (QED) is 0.361. The molecule has 5 aromatic rings. The predicted molar refractivity (Wildman–Crippen MR) is 130 cm³/mol. The van der Waals surface area contributed by atoms with Gasteiger partial charge in [-0.25, -0.2) is 19.7 Å². The van der Waals surface area contributed by atoms with Gasteiger partial charge in [0.2, 0.25) is 5.95 Å². The maximum Gasteiger partial charge on any atom is 0.321 e. The Labute approximate surface area is 190 Å². The molecule has 0 spiro atoms. The summed E-state index contributed by atoms with van der Waals surface area (Å²) < 4.78 is 1.81. The number of urea groups is 1. The normalized spacial score (nSPS) is 11.0. The van der Waals surface area contributed by atoms with Gasteiger partial charge < -0.3 is 10.6 Å². The molecule has 2 aromatic carbocycles. The van der Waals surface area contributed by atoms with E-state index >= 15 is 0 Å². The number of aryl methyl sites for hydroxylation is 2. The highest BCUT2D eigenvalue weighted by molar-refractivity contribution is 5.91. The van der Waals surface area contributed by atoms with Crippen molar-refractivity contribution < 1.29 is 4.79 Å². The summed E-state index contributed by atoms with van der Waals surface area (Å²) in [6.45, 7) is 4.51. The summed E-state index contributed by atoms with van der Waals surface area (Å²) in [4.78, 5) is 26.3. The number of nitrogens with zero attached hydrogens (tertiary/aromatic N) is 4. The Morgan fingerprint density at radius 1 is 0.939 bits per heavy atom. The maximum atomic E-state index is 12.6. The molecule has 8 nitrogen and oxygen atoms in total. The highest BCUT2D eigenvalue weighted by Crippen LogP contribution is 2.29. The predicted octanol–water partition coefficient (Wildman–Crippen LogP) is 4.96. The molecule has 3 aromatic heterocycles. The minimum absolute atomic E-state index is 0.350. The van der Waals surface area contributed by atoms with E-state index in [4.69, 9.17) is 4.98 Å². The molecule has 2 amide bonds. The third-order valence-corrected chi connectivity index (χ3v) is 5.46. The third-order valence-electron chi connectivity index (χ3n) is 5.46. The van der Waals surface area contributed by atoms with Gasteiger partial charge >= 0.3 is 6.03 Å². The molecule has 0 bridgehead atoms. The highest BCUT2D eigenvalue weighted by atomic mass is 16.2. The standard InChI is InChI=1S/C25H23N7O/c1-16-8-6-9-17(2)21(16)30-22-20-15-27-24(32(20)23-19(29-22)12-7-13-26-23)31-25(33)28-14-18-10-4-3-5-11-18/h3-13,15H,14H2,1-2H3,(H,29,30)(H2,27,28,31,33). The number of amides is 2. The van der Waals surface area contributed by atoms with Crippen LogP contribution in [0.2, 0.25) is 0 Å². The topological polar surface area (TPSA) is 96.2 Å². The minimum atomic E-state index is -0.350. The van der Waals surface area contributed by atoms with Crippen molar-refractivity contribution in [1.29, 1.82) is 0 Å². The molecule has 0 radical (unpaired) electrons. The van der Waals surface area contributed by atoms with Crippen LogP contribution in [0, 0.1) is 13.8 Å². The highest BCUT2D eigenvalue weighted by Gasteiger charge is 2.17. The van der Waals surface area contributed by atoms with Crippen molar-refractivity contribution in [2.75, 3.05) is 10.6 Å². The fourth-order valence-corrected chi connectivity index (χ4v) is 3.79. The Kier molecular flexibility index (Phi) is 5.32. The summed E-state index contributed by atoms with van der Waals surface area (Å²) in [5.41, 5.74) is 6.23. The fourth-order valence-electron chi connectivity index (χ4n) is 3.79. The molecule has 0 saturated carbocycles. The molecule has 5 rings (SSSR count). The molecular formula is C25H23N7O. The number of hydrogen-bond donors (Lipinski definition) is 3. The summed E-state index contributed by atoms with van der Waals surface area (Å²) in [6, 6.07) is 19.2. The van der Waals surface area contributed by atoms with Crippen molar-refractivity contribution in [3.05, 3.63) is 89.7 Å². The van der Waals surface area contributed by atoms with Crippen LogP contribution >= 0.6 is 0 Å². The van der Waals surface area contributed by atoms with Crippen LogP contribution in [-0.4, -0.2) is 25.4 Å². The van der Waals surface area contributed by atoms with E-state index in [1.165, 1.54) is 0 Å². The van der Waals surface area contributed by atoms with Gasteiger partial charge in [-0.2, -0.15) is 0 Å². The summed E-state index contributed by atoms with van der Waals surface area (Å²) in [5, 5.41) is 9.17. The maximum absolute atomic E-state index is 12.6. The van der Waals surface area contributed by atoms with E-state index in [1.807, 2.05) is 48.5 Å². The first kappa shape index (κ1) is 20.4. The molecule has 0 fully saturated rings. The lowest BCUT2D eigenvalue weighted by atomic mass is 10.1. The van der Waals surface area contributed by atoms with Crippen LogP contribution < -0.4 is 16.0 Å². The molecule has 0 saturated heterocycles. The molecule has 0 atom stereocenters. The van der Waals surface area contributed by atoms with Crippen molar-refractivity contribution in [3.8, 4) is 0 Å². The molecule has 3 heterocycles. The first-order valence-corrected chi connectivity index (χ1v) is 10.6. The van der Waals surface area contributed by atoms with Gasteiger partial charge in [-0.1, -0.05) is 48.5 Å². The Hall–Kier alpha value is -4.46. The largest absolute Gasteiger partial charge is 0.338 e. The van der Waals surface area contributed by atoms with Crippen LogP contribution in [0.5, 0.6) is 0 Å². The number of benzene rings is 2. The monoisotopic (exact) mass is 437 g/mol. The third kappa shape index (κ3) is 4.06. The van der Waals surface area contributed by atoms with Gasteiger partial charge in [-0.05, 0) is 42.7 Å². The van der Waals surface area contributed by atoms with Crippen molar-refractivity contribution in [1.82, 2.24) is 24.7 Å². The summed E-state index contributed by atoms with van der Waals surface area (Å²) in [6.07, 6.45) is 3.38. The number of imidazole rings is 1. The number of anilines is 3. The van der Waals surface area contributed by atoms with Gasteiger partial charge in [-0.15, -0.1) is 0 Å². The molecule has 0 aliphatic heterocycles. The van der Waals surface area contributed by atoms with Gasteiger partial charge in [0.25, 0.3) is 0 Å². The van der Waals surface area contributed by atoms with E-state index in [1.54, 1.807) is 16.8 Å². The number of carbonyl (C=O) groups is 1. The van der Waals surface area contributed by atoms with Crippen molar-refractivity contribution >= 4 is 40.2 Å². The zero-order chi connectivity index (χ0) is 22.8. The molecular weight excluding hydrogens is 414 g/mol. The van der Waals surface area contributed by atoms with E-state index in [-0.39, 0.29) is 6.03 Å². The van der Waals surface area contributed by atoms with Gasteiger partial charge in [-0.3, -0.25) is 9.72 Å². The van der Waals surface area contributed by atoms with Crippen LogP contribution in [0.4, 0.5) is 22.2 Å². The lowest BCUT2D eigenvalue weighted by Crippen LogP contribution is -2.29. The number of nitrogens with one attached hydrogen (secondary N) is 3. The van der Waals surface area contributed by atoms with Crippen LogP contribution in [0.15, 0.2) is 73.1 Å². The van der Waals surface area contributed by atoms with E-state index < -0.39 is 0 Å². The number of carbonyl (C=O) groups excluding carboxylic acids is 1. The number of fused-ring (bicyclic) bond motifs is 3. The molecule has 8 heteroatoms. The average Bonchev–Trinajstić information content (AvgIpc) is 3.25. The van der Waals surface area contributed by atoms with E-state index in [0.29, 0.717) is 35.0 Å². The molecule has 164 valence electrons. The van der Waals surface area contributed by atoms with Crippen molar-refractivity contribution in [3.63, 3.8) is 0 Å². The zero-order valence-electron chi connectivity index (χ0n) is 18.3. The molecule has 0 aliphatic rings. The lowest BCUT2D eigenvalue weighted by molar-refractivity contribution is 0.251. The Bertz CT molecular complexity index is 1440. The van der Waals surface area contributed by atoms with Crippen LogP contribution in [0.1, 0.15) is 16.7 Å². The molecule has 33 heavy (non-hydrogen) atoms. The van der Waals surface area contributed by atoms with E-state index in [9.17, 15) is 4.79 Å². The summed E-state index contributed by atoms with van der Waals surface area (Å²) in [5.74, 6) is 1.00. The summed E-state index contributed by atoms with van der Waals surface area (Å²) >= 11 is 0. The van der Waals surface area contributed by atoms with Crippen LogP contribution in [-0.2, 0) is 6.54 Å². The smallest absolute Gasteiger partial charge is 0.321 e. The Morgan fingerprint density at radius 2 is 1.73 bits per heavy atom. The summed E-state index contributed by atoms with van der Waals surface area (Å²) in [7, 11) is 0. The molecule has 0 unspecified atom stereocenters. The minimum Gasteiger partial charge on any atom is -0.338 e. The fraction of sp³-hybridized carbons (Fsp3) is 0.120.